The lowest BCUT2D eigenvalue weighted by Gasteiger charge is -2.29. The lowest BCUT2D eigenvalue weighted by atomic mass is 9.90. The van der Waals surface area contributed by atoms with Gasteiger partial charge < -0.3 is 4.74 Å². The molecule has 37 heavy (non-hydrogen) atoms. The molecule has 3 atom stereocenters. The summed E-state index contributed by atoms with van der Waals surface area (Å²) in [5.41, 5.74) is 3.98. The van der Waals surface area contributed by atoms with E-state index in [1.807, 2.05) is 61.5 Å². The third-order valence-electron chi connectivity index (χ3n) is 7.44. The number of anilines is 2. The second-order valence-corrected chi connectivity index (χ2v) is 10.7. The van der Waals surface area contributed by atoms with Gasteiger partial charge in [0.05, 0.1) is 23.9 Å². The molecule has 2 aromatic carbocycles. The number of fused-ring (bicyclic) bond motifs is 2. The Morgan fingerprint density at radius 1 is 1.03 bits per heavy atom. The van der Waals surface area contributed by atoms with Gasteiger partial charge in [-0.2, -0.15) is 0 Å². The molecule has 3 aliphatic rings. The van der Waals surface area contributed by atoms with Crippen LogP contribution in [0.4, 0.5) is 10.7 Å². The van der Waals surface area contributed by atoms with E-state index in [2.05, 4.69) is 0 Å². The van der Waals surface area contributed by atoms with Crippen LogP contribution in [0.1, 0.15) is 57.7 Å². The van der Waals surface area contributed by atoms with Crippen molar-refractivity contribution in [2.24, 2.45) is 5.92 Å². The Bertz CT molecular complexity index is 1380. The molecule has 2 fully saturated rings. The minimum absolute atomic E-state index is 0.223. The molecular weight excluding hydrogens is 488 g/mol. The monoisotopic (exact) mass is 516 g/mol. The zero-order valence-electron chi connectivity index (χ0n) is 20.8. The minimum atomic E-state index is -0.980. The number of benzene rings is 2. The number of thiophene rings is 1. The van der Waals surface area contributed by atoms with Crippen molar-refractivity contribution in [3.63, 3.8) is 0 Å². The highest BCUT2D eigenvalue weighted by Crippen LogP contribution is 2.50. The Labute approximate surface area is 219 Å². The van der Waals surface area contributed by atoms with Crippen LogP contribution >= 0.6 is 11.3 Å². The van der Waals surface area contributed by atoms with E-state index in [1.165, 1.54) is 16.2 Å². The maximum atomic E-state index is 14.1. The van der Waals surface area contributed by atoms with E-state index in [9.17, 15) is 14.4 Å². The number of hydrogen-bond acceptors (Lipinski definition) is 7. The van der Waals surface area contributed by atoms with E-state index < -0.39 is 29.9 Å². The van der Waals surface area contributed by atoms with Crippen molar-refractivity contribution in [1.82, 2.24) is 0 Å². The predicted molar refractivity (Wildman–Crippen MR) is 141 cm³/mol. The lowest BCUT2D eigenvalue weighted by Crippen LogP contribution is -2.38. The van der Waals surface area contributed by atoms with Crippen molar-refractivity contribution in [2.45, 2.75) is 51.7 Å². The number of hydroxylamine groups is 1. The maximum absolute atomic E-state index is 14.1. The van der Waals surface area contributed by atoms with Crippen LogP contribution in [0.5, 0.6) is 0 Å². The molecule has 0 bridgehead atoms. The molecule has 0 saturated carbocycles. The number of para-hydroxylation sites is 1. The quantitative estimate of drug-likeness (QED) is 0.344. The van der Waals surface area contributed by atoms with Gasteiger partial charge in [-0.3, -0.25) is 14.4 Å². The molecule has 0 spiro atoms. The van der Waals surface area contributed by atoms with Gasteiger partial charge in [-0.1, -0.05) is 48.5 Å². The number of esters is 1. The number of ether oxygens (including phenoxy) is 1. The molecule has 2 amide bonds. The van der Waals surface area contributed by atoms with Crippen molar-refractivity contribution in [1.29, 1.82) is 0 Å². The second-order valence-electron chi connectivity index (χ2n) is 9.64. The molecule has 0 N–H and O–H groups in total. The third-order valence-corrected chi connectivity index (χ3v) is 8.72. The molecule has 0 unspecified atom stereocenters. The first kappa shape index (κ1) is 23.9. The number of nitrogens with zero attached hydrogens (tertiary/aromatic N) is 2. The van der Waals surface area contributed by atoms with Crippen LogP contribution in [0.25, 0.3) is 0 Å². The van der Waals surface area contributed by atoms with Crippen molar-refractivity contribution in [2.75, 3.05) is 16.6 Å². The summed E-state index contributed by atoms with van der Waals surface area (Å²) < 4.78 is 5.37. The molecule has 7 nitrogen and oxygen atoms in total. The second kappa shape index (κ2) is 9.43. The average Bonchev–Trinajstić information content (AvgIpc) is 3.55. The number of carbonyl (C=O) groups excluding carboxylic acids is 3. The van der Waals surface area contributed by atoms with E-state index in [1.54, 1.807) is 12.0 Å². The van der Waals surface area contributed by atoms with E-state index in [4.69, 9.17) is 9.57 Å². The van der Waals surface area contributed by atoms with Crippen LogP contribution in [0.15, 0.2) is 54.6 Å². The topological polar surface area (TPSA) is 76.2 Å². The van der Waals surface area contributed by atoms with E-state index in [0.717, 1.165) is 52.9 Å². The third kappa shape index (κ3) is 3.78. The fourth-order valence-electron chi connectivity index (χ4n) is 5.75. The molecular formula is C29H28N2O5S. The summed E-state index contributed by atoms with van der Waals surface area (Å²) >= 11 is 1.37. The SMILES string of the molecule is CCOC(=O)c1c(N2C(=O)[C@@H]3[C@@H](ON(c4ccccc4C)[C@H]3c3ccccc3)C2=O)sc2c1CCCC2. The summed E-state index contributed by atoms with van der Waals surface area (Å²) in [6, 6.07) is 17.0. The predicted octanol–water partition coefficient (Wildman–Crippen LogP) is 5.16. The lowest BCUT2D eigenvalue weighted by molar-refractivity contribution is -0.126. The van der Waals surface area contributed by atoms with Gasteiger partial charge in [0.15, 0.2) is 6.10 Å². The summed E-state index contributed by atoms with van der Waals surface area (Å²) in [6.45, 7) is 3.96. The maximum Gasteiger partial charge on any atom is 0.341 e. The van der Waals surface area contributed by atoms with Crippen LogP contribution in [0, 0.1) is 12.8 Å². The Balaban J connectivity index is 1.45. The molecule has 190 valence electrons. The summed E-state index contributed by atoms with van der Waals surface area (Å²) in [5.74, 6) is -2.00. The number of aryl methyl sites for hydroxylation is 2. The number of imide groups is 1. The number of rotatable bonds is 5. The zero-order valence-corrected chi connectivity index (χ0v) is 21.6. The molecule has 6 rings (SSSR count). The summed E-state index contributed by atoms with van der Waals surface area (Å²) in [4.78, 5) is 49.7. The first-order chi connectivity index (χ1) is 18.0. The highest BCUT2D eigenvalue weighted by atomic mass is 32.1. The van der Waals surface area contributed by atoms with Crippen LogP contribution in [0.3, 0.4) is 0 Å². The number of amides is 2. The van der Waals surface area contributed by atoms with Gasteiger partial charge in [-0.25, -0.2) is 14.8 Å². The summed E-state index contributed by atoms with van der Waals surface area (Å²) in [6.07, 6.45) is 2.58. The number of carbonyl (C=O) groups is 3. The standard InChI is InChI=1S/C29H28N2O5S/c1-3-35-29(34)22-19-14-8-10-16-21(19)37-28(22)30-26(32)23-24(18-12-5-4-6-13-18)31(36-25(23)27(30)33)20-15-9-7-11-17(20)2/h4-7,9,11-13,15,23-25H,3,8,10,14,16H2,1-2H3/t23-,24-,25+/m0/s1. The van der Waals surface area contributed by atoms with Crippen molar-refractivity contribution in [3.05, 3.63) is 81.7 Å². The fourth-order valence-corrected chi connectivity index (χ4v) is 7.13. The Kier molecular flexibility index (Phi) is 6.09. The minimum Gasteiger partial charge on any atom is -0.462 e. The fraction of sp³-hybridized carbons (Fsp3) is 0.345. The van der Waals surface area contributed by atoms with Crippen LogP contribution in [0.2, 0.25) is 0 Å². The van der Waals surface area contributed by atoms with Gasteiger partial charge in [-0.05, 0) is 62.3 Å². The molecule has 2 saturated heterocycles. The zero-order chi connectivity index (χ0) is 25.7. The van der Waals surface area contributed by atoms with Crippen molar-refractivity contribution in [3.8, 4) is 0 Å². The highest BCUT2D eigenvalue weighted by Gasteiger charge is 2.61. The molecule has 0 radical (unpaired) electrons. The van der Waals surface area contributed by atoms with Gasteiger partial charge in [-0.15, -0.1) is 11.3 Å². The molecule has 2 aliphatic heterocycles. The van der Waals surface area contributed by atoms with E-state index >= 15 is 0 Å². The molecule has 8 heteroatoms. The largest absolute Gasteiger partial charge is 0.462 e. The molecule has 3 aromatic rings. The first-order valence-electron chi connectivity index (χ1n) is 12.8. The average molecular weight is 517 g/mol. The van der Waals surface area contributed by atoms with Gasteiger partial charge in [0.2, 0.25) is 5.91 Å². The first-order valence-corrected chi connectivity index (χ1v) is 13.6. The Morgan fingerprint density at radius 3 is 2.51 bits per heavy atom. The van der Waals surface area contributed by atoms with Crippen LogP contribution < -0.4 is 9.96 Å². The van der Waals surface area contributed by atoms with Gasteiger partial charge >= 0.3 is 5.97 Å². The van der Waals surface area contributed by atoms with Crippen LogP contribution in [-0.2, 0) is 32.0 Å². The van der Waals surface area contributed by atoms with Crippen molar-refractivity contribution >= 4 is 39.8 Å². The molecule has 3 heterocycles. The molecule has 1 aromatic heterocycles. The normalized spacial score (nSPS) is 22.8. The molecule has 1 aliphatic carbocycles. The van der Waals surface area contributed by atoms with Crippen molar-refractivity contribution < 1.29 is 24.0 Å². The van der Waals surface area contributed by atoms with Gasteiger partial charge in [0.25, 0.3) is 5.91 Å². The van der Waals surface area contributed by atoms with Gasteiger partial charge in [0.1, 0.15) is 10.9 Å². The summed E-state index contributed by atoms with van der Waals surface area (Å²) in [7, 11) is 0. The summed E-state index contributed by atoms with van der Waals surface area (Å²) in [5, 5.41) is 2.10. The number of hydrogen-bond donors (Lipinski definition) is 0. The van der Waals surface area contributed by atoms with Gasteiger partial charge in [0, 0.05) is 4.88 Å². The highest BCUT2D eigenvalue weighted by molar-refractivity contribution is 7.17. The Hall–Kier alpha value is -3.49. The smallest absolute Gasteiger partial charge is 0.341 e. The Morgan fingerprint density at radius 2 is 1.76 bits per heavy atom. The van der Waals surface area contributed by atoms with E-state index in [-0.39, 0.29) is 12.5 Å². The van der Waals surface area contributed by atoms with Crippen LogP contribution in [-0.4, -0.2) is 30.5 Å². The van der Waals surface area contributed by atoms with E-state index in [0.29, 0.717) is 10.6 Å².